The van der Waals surface area contributed by atoms with Crippen molar-refractivity contribution in [3.63, 3.8) is 0 Å². The van der Waals surface area contributed by atoms with Crippen LogP contribution in [0.5, 0.6) is 0 Å². The Balaban J connectivity index is 1.79. The summed E-state index contributed by atoms with van der Waals surface area (Å²) in [6, 6.07) is 17.5. The highest BCUT2D eigenvalue weighted by Crippen LogP contribution is 2.42. The Morgan fingerprint density at radius 1 is 0.900 bits per heavy atom. The fraction of sp³-hybridized carbons (Fsp3) is 0.292. The van der Waals surface area contributed by atoms with Crippen LogP contribution in [-0.2, 0) is 0 Å². The maximum Gasteiger partial charge on any atom is 0.255 e. The molecule has 3 nitrogen and oxygen atoms in total. The molecule has 4 rings (SSSR count). The lowest BCUT2D eigenvalue weighted by Crippen LogP contribution is -2.42. The lowest BCUT2D eigenvalue weighted by Gasteiger charge is -2.40. The lowest BCUT2D eigenvalue weighted by atomic mass is 10.1. The van der Waals surface area contributed by atoms with E-state index in [1.807, 2.05) is 66.4 Å². The Kier molecular flexibility index (Phi) is 5.93. The van der Waals surface area contributed by atoms with Gasteiger partial charge in [-0.2, -0.15) is 0 Å². The van der Waals surface area contributed by atoms with Crippen LogP contribution in [0.2, 0.25) is 10.0 Å². The van der Waals surface area contributed by atoms with Crippen LogP contribution in [0, 0.1) is 6.92 Å². The molecule has 0 N–H and O–H groups in total. The van der Waals surface area contributed by atoms with Crippen LogP contribution in [-0.4, -0.2) is 52.5 Å². The van der Waals surface area contributed by atoms with Gasteiger partial charge in [-0.1, -0.05) is 35.3 Å². The van der Waals surface area contributed by atoms with E-state index in [0.29, 0.717) is 10.0 Å². The second-order valence-electron chi connectivity index (χ2n) is 8.31. The molecule has 1 aromatic heterocycles. The van der Waals surface area contributed by atoms with E-state index in [2.05, 4.69) is 17.1 Å². The van der Waals surface area contributed by atoms with E-state index < -0.39 is 10.0 Å². The number of carbonyl (C=O) groups excluding carboxylic acids is 1. The number of carbonyl (C=O) groups is 1. The maximum atomic E-state index is 13.4. The van der Waals surface area contributed by atoms with Gasteiger partial charge < -0.3 is 9.47 Å². The van der Waals surface area contributed by atoms with E-state index in [-0.39, 0.29) is 5.91 Å². The van der Waals surface area contributed by atoms with Crippen molar-refractivity contribution in [2.75, 3.05) is 37.1 Å². The van der Waals surface area contributed by atoms with Crippen LogP contribution in [0.1, 0.15) is 16.1 Å². The molecule has 1 amide bonds. The second-order valence-corrected chi connectivity index (χ2v) is 13.5. The van der Waals surface area contributed by atoms with E-state index in [1.54, 1.807) is 0 Å². The number of rotatable bonds is 3. The Labute approximate surface area is 189 Å². The summed E-state index contributed by atoms with van der Waals surface area (Å²) in [4.78, 5) is 15.5. The minimum atomic E-state index is -0.563. The normalized spacial score (nSPS) is 17.0. The van der Waals surface area contributed by atoms with E-state index >= 15 is 0 Å². The van der Waals surface area contributed by atoms with Crippen molar-refractivity contribution in [2.45, 2.75) is 6.92 Å². The maximum absolute atomic E-state index is 13.4. The molecule has 0 unspecified atom stereocenters. The summed E-state index contributed by atoms with van der Waals surface area (Å²) in [6.45, 7) is 3.69. The standard InChI is InChI=1S/C24H26Cl2N2OS/c1-17-22(24(29)27-12-14-30(2,3)15-13-27)16-23(18-4-6-19(25)7-5-18)28(17)21-10-8-20(26)9-11-21/h4-11,16H,12-15H2,1-3H3. The Bertz CT molecular complexity index is 1060. The van der Waals surface area contributed by atoms with Crippen molar-refractivity contribution in [1.29, 1.82) is 0 Å². The molecular formula is C24H26Cl2N2OS. The third-order valence-corrected chi connectivity index (χ3v) is 8.90. The van der Waals surface area contributed by atoms with Gasteiger partial charge in [0.25, 0.3) is 5.91 Å². The first-order valence-corrected chi connectivity index (χ1v) is 13.5. The van der Waals surface area contributed by atoms with Gasteiger partial charge >= 0.3 is 0 Å². The summed E-state index contributed by atoms with van der Waals surface area (Å²) in [7, 11) is -0.563. The van der Waals surface area contributed by atoms with Crippen molar-refractivity contribution in [2.24, 2.45) is 0 Å². The predicted molar refractivity (Wildman–Crippen MR) is 131 cm³/mol. The Hall–Kier alpha value is -1.88. The van der Waals surface area contributed by atoms with Crippen molar-refractivity contribution in [3.8, 4) is 16.9 Å². The van der Waals surface area contributed by atoms with Gasteiger partial charge in [0.15, 0.2) is 0 Å². The number of hydrogen-bond donors (Lipinski definition) is 0. The van der Waals surface area contributed by atoms with E-state index in [9.17, 15) is 4.79 Å². The summed E-state index contributed by atoms with van der Waals surface area (Å²) in [5.41, 5.74) is 4.65. The third-order valence-electron chi connectivity index (χ3n) is 5.82. The van der Waals surface area contributed by atoms with Gasteiger partial charge in [-0.15, -0.1) is 0 Å². The molecule has 0 spiro atoms. The zero-order chi connectivity index (χ0) is 21.5. The molecule has 0 atom stereocenters. The van der Waals surface area contributed by atoms with E-state index in [1.165, 1.54) is 0 Å². The molecule has 2 aromatic carbocycles. The zero-order valence-electron chi connectivity index (χ0n) is 17.5. The predicted octanol–water partition coefficient (Wildman–Crippen LogP) is 6.28. The summed E-state index contributed by atoms with van der Waals surface area (Å²) >= 11 is 12.2. The summed E-state index contributed by atoms with van der Waals surface area (Å²) in [6.07, 6.45) is 4.71. The number of benzene rings is 2. The van der Waals surface area contributed by atoms with Gasteiger partial charge in [-0.25, -0.2) is 10.0 Å². The highest BCUT2D eigenvalue weighted by molar-refractivity contribution is 8.32. The lowest BCUT2D eigenvalue weighted by molar-refractivity contribution is 0.0771. The van der Waals surface area contributed by atoms with Crippen LogP contribution in [0.25, 0.3) is 16.9 Å². The zero-order valence-corrected chi connectivity index (χ0v) is 19.8. The first-order chi connectivity index (χ1) is 14.2. The molecule has 1 fully saturated rings. The molecule has 3 aromatic rings. The van der Waals surface area contributed by atoms with E-state index in [4.69, 9.17) is 23.2 Å². The van der Waals surface area contributed by atoms with Crippen LogP contribution in [0.3, 0.4) is 0 Å². The number of halogens is 2. The summed E-state index contributed by atoms with van der Waals surface area (Å²) in [5.74, 6) is 2.34. The molecule has 30 heavy (non-hydrogen) atoms. The smallest absolute Gasteiger partial charge is 0.255 e. The molecule has 6 heteroatoms. The fourth-order valence-corrected chi connectivity index (χ4v) is 5.77. The minimum Gasteiger partial charge on any atom is -0.337 e. The second kappa shape index (κ2) is 8.33. The van der Waals surface area contributed by atoms with Gasteiger partial charge in [-0.05, 0) is 79.0 Å². The molecule has 0 saturated carbocycles. The van der Waals surface area contributed by atoms with Crippen molar-refractivity contribution < 1.29 is 4.79 Å². The molecule has 0 bridgehead atoms. The van der Waals surface area contributed by atoms with Gasteiger partial charge in [0.1, 0.15) is 0 Å². The van der Waals surface area contributed by atoms with Crippen molar-refractivity contribution in [3.05, 3.63) is 75.9 Å². The number of amides is 1. The van der Waals surface area contributed by atoms with Crippen molar-refractivity contribution in [1.82, 2.24) is 9.47 Å². The molecule has 158 valence electrons. The molecule has 1 aliphatic rings. The highest BCUT2D eigenvalue weighted by Gasteiger charge is 2.28. The van der Waals surface area contributed by atoms with Crippen LogP contribution in [0.4, 0.5) is 0 Å². The number of nitrogens with zero attached hydrogens (tertiary/aromatic N) is 2. The van der Waals surface area contributed by atoms with Crippen molar-refractivity contribution >= 4 is 39.1 Å². The average molecular weight is 461 g/mol. The third kappa shape index (κ3) is 4.27. The first kappa shape index (κ1) is 21.4. The van der Waals surface area contributed by atoms with Gasteiger partial charge in [0.2, 0.25) is 0 Å². The van der Waals surface area contributed by atoms with Crippen LogP contribution >= 0.6 is 33.2 Å². The summed E-state index contributed by atoms with van der Waals surface area (Å²) < 4.78 is 2.13. The quantitative estimate of drug-likeness (QED) is 0.451. The molecular weight excluding hydrogens is 435 g/mol. The molecule has 0 aliphatic carbocycles. The largest absolute Gasteiger partial charge is 0.337 e. The molecule has 1 saturated heterocycles. The van der Waals surface area contributed by atoms with E-state index in [0.717, 1.165) is 52.8 Å². The Morgan fingerprint density at radius 2 is 1.43 bits per heavy atom. The molecule has 2 heterocycles. The SMILES string of the molecule is Cc1c(C(=O)N2CCS(C)(C)CC2)cc(-c2ccc(Cl)cc2)n1-c1ccc(Cl)cc1. The molecule has 0 radical (unpaired) electrons. The first-order valence-electron chi connectivity index (χ1n) is 9.97. The Morgan fingerprint density at radius 3 is 2.00 bits per heavy atom. The van der Waals surface area contributed by atoms with Gasteiger partial charge in [0, 0.05) is 34.5 Å². The topological polar surface area (TPSA) is 25.2 Å². The summed E-state index contributed by atoms with van der Waals surface area (Å²) in [5, 5.41) is 1.38. The van der Waals surface area contributed by atoms with Crippen LogP contribution < -0.4 is 0 Å². The average Bonchev–Trinajstić information content (AvgIpc) is 3.06. The minimum absolute atomic E-state index is 0.116. The fourth-order valence-electron chi connectivity index (χ4n) is 3.88. The monoisotopic (exact) mass is 460 g/mol. The number of hydrogen-bond acceptors (Lipinski definition) is 1. The number of aromatic nitrogens is 1. The molecule has 1 aliphatic heterocycles. The van der Waals surface area contributed by atoms with Gasteiger partial charge in [-0.3, -0.25) is 4.79 Å². The van der Waals surface area contributed by atoms with Crippen LogP contribution in [0.15, 0.2) is 54.6 Å². The van der Waals surface area contributed by atoms with Gasteiger partial charge in [0.05, 0.1) is 11.3 Å². The highest BCUT2D eigenvalue weighted by atomic mass is 35.5.